The van der Waals surface area contributed by atoms with Crippen LogP contribution in [-0.4, -0.2) is 13.2 Å². The molecular formula is C10H11Cl2NO. The summed E-state index contributed by atoms with van der Waals surface area (Å²) in [6.07, 6.45) is 0.895. The van der Waals surface area contributed by atoms with Gasteiger partial charge in [-0.05, 0) is 30.7 Å². The third kappa shape index (κ3) is 1.83. The first-order chi connectivity index (χ1) is 6.70. The van der Waals surface area contributed by atoms with E-state index in [1.807, 2.05) is 6.07 Å². The number of benzene rings is 1. The van der Waals surface area contributed by atoms with Gasteiger partial charge in [-0.2, -0.15) is 0 Å². The van der Waals surface area contributed by atoms with Crippen LogP contribution in [0, 0.1) is 5.92 Å². The summed E-state index contributed by atoms with van der Waals surface area (Å²) < 4.78 is 5.54. The summed E-state index contributed by atoms with van der Waals surface area (Å²) in [5.74, 6) is 1.14. The number of rotatable bonds is 1. The first-order valence-corrected chi connectivity index (χ1v) is 5.27. The lowest BCUT2D eigenvalue weighted by molar-refractivity contribution is 0.226. The van der Waals surface area contributed by atoms with Gasteiger partial charge in [0.1, 0.15) is 5.75 Å². The maximum Gasteiger partial charge on any atom is 0.141 e. The molecule has 1 unspecified atom stereocenters. The van der Waals surface area contributed by atoms with Crippen molar-refractivity contribution in [2.45, 2.75) is 6.42 Å². The fourth-order valence-electron chi connectivity index (χ4n) is 1.65. The topological polar surface area (TPSA) is 35.2 Å². The zero-order valence-corrected chi connectivity index (χ0v) is 9.11. The summed E-state index contributed by atoms with van der Waals surface area (Å²) >= 11 is 11.9. The van der Waals surface area contributed by atoms with Gasteiger partial charge >= 0.3 is 0 Å². The molecule has 0 saturated heterocycles. The molecule has 0 amide bonds. The highest BCUT2D eigenvalue weighted by atomic mass is 35.5. The van der Waals surface area contributed by atoms with E-state index in [-0.39, 0.29) is 0 Å². The highest BCUT2D eigenvalue weighted by molar-refractivity contribution is 6.35. The summed E-state index contributed by atoms with van der Waals surface area (Å²) in [5, 5.41) is 1.23. The van der Waals surface area contributed by atoms with Crippen LogP contribution in [0.2, 0.25) is 10.0 Å². The van der Waals surface area contributed by atoms with E-state index < -0.39 is 0 Å². The molecule has 2 N–H and O–H groups in total. The highest BCUT2D eigenvalue weighted by Gasteiger charge is 2.21. The molecule has 0 radical (unpaired) electrons. The summed E-state index contributed by atoms with van der Waals surface area (Å²) in [6.45, 7) is 1.27. The Kier molecular flexibility index (Phi) is 2.86. The van der Waals surface area contributed by atoms with Crippen molar-refractivity contribution in [1.29, 1.82) is 0 Å². The Labute approximate surface area is 92.9 Å². The Bertz CT molecular complexity index is 354. The number of hydrogen-bond donors (Lipinski definition) is 1. The van der Waals surface area contributed by atoms with E-state index in [1.165, 1.54) is 0 Å². The van der Waals surface area contributed by atoms with Crippen molar-refractivity contribution >= 4 is 23.2 Å². The van der Waals surface area contributed by atoms with Crippen LogP contribution in [-0.2, 0) is 6.42 Å². The van der Waals surface area contributed by atoms with Crippen LogP contribution >= 0.6 is 23.2 Å². The van der Waals surface area contributed by atoms with E-state index in [9.17, 15) is 0 Å². The van der Waals surface area contributed by atoms with E-state index in [0.717, 1.165) is 17.7 Å². The van der Waals surface area contributed by atoms with E-state index in [4.69, 9.17) is 33.7 Å². The quantitative estimate of drug-likeness (QED) is 0.807. The summed E-state index contributed by atoms with van der Waals surface area (Å²) in [5.41, 5.74) is 6.65. The molecular weight excluding hydrogens is 221 g/mol. The molecule has 1 aliphatic rings. The second-order valence-corrected chi connectivity index (χ2v) is 4.34. The van der Waals surface area contributed by atoms with E-state index in [0.29, 0.717) is 29.1 Å². The number of halogens is 2. The van der Waals surface area contributed by atoms with Crippen LogP contribution in [0.1, 0.15) is 5.56 Å². The molecule has 2 rings (SSSR count). The van der Waals surface area contributed by atoms with Gasteiger partial charge in [-0.25, -0.2) is 0 Å². The average molecular weight is 232 g/mol. The SMILES string of the molecule is NCC1COc2c(Cl)cc(Cl)cc2C1. The largest absolute Gasteiger partial charge is 0.491 e. The van der Waals surface area contributed by atoms with Crippen LogP contribution < -0.4 is 10.5 Å². The van der Waals surface area contributed by atoms with Gasteiger partial charge in [0.2, 0.25) is 0 Å². The van der Waals surface area contributed by atoms with E-state index in [2.05, 4.69) is 0 Å². The number of fused-ring (bicyclic) bond motifs is 1. The van der Waals surface area contributed by atoms with Crippen molar-refractivity contribution in [1.82, 2.24) is 0 Å². The highest BCUT2D eigenvalue weighted by Crippen LogP contribution is 2.36. The second kappa shape index (κ2) is 3.97. The molecule has 0 aromatic heterocycles. The number of hydrogen-bond acceptors (Lipinski definition) is 2. The first kappa shape index (κ1) is 10.1. The molecule has 76 valence electrons. The predicted molar refractivity (Wildman–Crippen MR) is 58.2 cm³/mol. The zero-order chi connectivity index (χ0) is 10.1. The first-order valence-electron chi connectivity index (χ1n) is 4.51. The maximum atomic E-state index is 6.00. The van der Waals surface area contributed by atoms with Gasteiger partial charge in [-0.3, -0.25) is 0 Å². The van der Waals surface area contributed by atoms with Crippen molar-refractivity contribution in [3.63, 3.8) is 0 Å². The van der Waals surface area contributed by atoms with Gasteiger partial charge in [0.15, 0.2) is 0 Å². The van der Waals surface area contributed by atoms with Crippen LogP contribution in [0.5, 0.6) is 5.75 Å². The molecule has 1 aromatic rings. The minimum Gasteiger partial charge on any atom is -0.491 e. The van der Waals surface area contributed by atoms with Gasteiger partial charge in [0, 0.05) is 10.9 Å². The minimum absolute atomic E-state index is 0.372. The lowest BCUT2D eigenvalue weighted by Gasteiger charge is -2.25. The van der Waals surface area contributed by atoms with Crippen molar-refractivity contribution in [2.75, 3.05) is 13.2 Å². The monoisotopic (exact) mass is 231 g/mol. The number of nitrogens with two attached hydrogens (primary N) is 1. The van der Waals surface area contributed by atoms with Crippen LogP contribution in [0.3, 0.4) is 0 Å². The predicted octanol–water partition coefficient (Wildman–Crippen LogP) is 2.50. The Morgan fingerprint density at radius 1 is 1.43 bits per heavy atom. The van der Waals surface area contributed by atoms with Crippen LogP contribution in [0.15, 0.2) is 12.1 Å². The summed E-state index contributed by atoms with van der Waals surface area (Å²) in [4.78, 5) is 0. The average Bonchev–Trinajstić information content (AvgIpc) is 2.16. The smallest absolute Gasteiger partial charge is 0.141 e. The molecule has 0 bridgehead atoms. The van der Waals surface area contributed by atoms with Crippen molar-refractivity contribution in [3.8, 4) is 5.75 Å². The lowest BCUT2D eigenvalue weighted by Crippen LogP contribution is -2.27. The normalized spacial score (nSPS) is 20.1. The van der Waals surface area contributed by atoms with Crippen molar-refractivity contribution in [2.24, 2.45) is 11.7 Å². The third-order valence-corrected chi connectivity index (χ3v) is 2.89. The van der Waals surface area contributed by atoms with Crippen LogP contribution in [0.4, 0.5) is 0 Å². The Hall–Kier alpha value is -0.440. The minimum atomic E-state index is 0.372. The van der Waals surface area contributed by atoms with Crippen molar-refractivity contribution < 1.29 is 4.74 Å². The molecule has 14 heavy (non-hydrogen) atoms. The fourth-order valence-corrected chi connectivity index (χ4v) is 2.24. The van der Waals surface area contributed by atoms with Crippen molar-refractivity contribution in [3.05, 3.63) is 27.7 Å². The Balaban J connectivity index is 2.37. The number of ether oxygens (including phenoxy) is 1. The molecule has 1 aliphatic heterocycles. The van der Waals surface area contributed by atoms with Gasteiger partial charge in [0.25, 0.3) is 0 Å². The zero-order valence-electron chi connectivity index (χ0n) is 7.59. The van der Waals surface area contributed by atoms with E-state index >= 15 is 0 Å². The fraction of sp³-hybridized carbons (Fsp3) is 0.400. The Morgan fingerprint density at radius 3 is 2.93 bits per heavy atom. The molecule has 1 atom stereocenters. The molecule has 0 saturated carbocycles. The third-order valence-electron chi connectivity index (χ3n) is 2.39. The van der Waals surface area contributed by atoms with E-state index in [1.54, 1.807) is 6.07 Å². The molecule has 1 aromatic carbocycles. The molecule has 1 heterocycles. The second-order valence-electron chi connectivity index (χ2n) is 3.49. The molecule has 0 aliphatic carbocycles. The Morgan fingerprint density at radius 2 is 2.21 bits per heavy atom. The maximum absolute atomic E-state index is 6.00. The van der Waals surface area contributed by atoms with Gasteiger partial charge in [-0.1, -0.05) is 23.2 Å². The molecule has 4 heteroatoms. The lowest BCUT2D eigenvalue weighted by atomic mass is 9.97. The molecule has 2 nitrogen and oxygen atoms in total. The standard InChI is InChI=1S/C10H11Cl2NO/c11-8-2-7-1-6(4-13)5-14-10(7)9(12)3-8/h2-3,6H,1,4-5,13H2. The summed E-state index contributed by atoms with van der Waals surface area (Å²) in [6, 6.07) is 3.59. The van der Waals surface area contributed by atoms with Gasteiger partial charge < -0.3 is 10.5 Å². The van der Waals surface area contributed by atoms with Gasteiger partial charge in [0.05, 0.1) is 11.6 Å². The molecule has 0 fully saturated rings. The van der Waals surface area contributed by atoms with Gasteiger partial charge in [-0.15, -0.1) is 0 Å². The van der Waals surface area contributed by atoms with Crippen LogP contribution in [0.25, 0.3) is 0 Å². The summed E-state index contributed by atoms with van der Waals surface area (Å²) in [7, 11) is 0. The molecule has 0 spiro atoms.